The fraction of sp³-hybridized carbons (Fsp3) is 0.520. The van der Waals surface area contributed by atoms with Crippen LogP contribution in [0, 0.1) is 5.82 Å². The number of likely N-dealkylation sites (tertiary alicyclic amines) is 2. The fourth-order valence-corrected chi connectivity index (χ4v) is 5.74. The summed E-state index contributed by atoms with van der Waals surface area (Å²) in [6, 6.07) is 1.65. The average Bonchev–Trinajstić information content (AvgIpc) is 3.64. The van der Waals surface area contributed by atoms with Crippen molar-refractivity contribution in [3.8, 4) is 5.13 Å². The van der Waals surface area contributed by atoms with Crippen LogP contribution >= 0.6 is 11.3 Å². The number of aromatic nitrogens is 3. The number of rotatable bonds is 9. The Morgan fingerprint density at radius 1 is 1.22 bits per heavy atom. The molecule has 0 bridgehead atoms. The van der Waals surface area contributed by atoms with Crippen LogP contribution in [0.2, 0.25) is 0 Å². The molecule has 1 amide bonds. The second-order valence-electron chi connectivity index (χ2n) is 9.54. The van der Waals surface area contributed by atoms with Crippen LogP contribution in [-0.4, -0.2) is 82.6 Å². The van der Waals surface area contributed by atoms with Crippen LogP contribution in [0.3, 0.4) is 0 Å². The van der Waals surface area contributed by atoms with Crippen LogP contribution in [-0.2, 0) is 0 Å². The zero-order valence-corrected chi connectivity index (χ0v) is 21.3. The van der Waals surface area contributed by atoms with E-state index in [4.69, 9.17) is 0 Å². The lowest BCUT2D eigenvalue weighted by Gasteiger charge is -2.19. The van der Waals surface area contributed by atoms with E-state index in [1.807, 2.05) is 0 Å². The SMILES string of the molecule is CN1CCCC1CCNc1nc2c(cc1F)c(=O)c(C(=O)NCCN1CCCC1)cn2-c1nccs1. The van der Waals surface area contributed by atoms with Gasteiger partial charge in [-0.05, 0) is 64.9 Å². The first kappa shape index (κ1) is 24.8. The summed E-state index contributed by atoms with van der Waals surface area (Å²) in [5.74, 6) is -0.998. The van der Waals surface area contributed by atoms with E-state index in [-0.39, 0.29) is 22.4 Å². The van der Waals surface area contributed by atoms with Crippen molar-refractivity contribution in [2.75, 3.05) is 51.6 Å². The van der Waals surface area contributed by atoms with Crippen molar-refractivity contribution in [2.45, 2.75) is 38.1 Å². The maximum absolute atomic E-state index is 15.1. The highest BCUT2D eigenvalue weighted by Gasteiger charge is 2.22. The molecule has 2 fully saturated rings. The van der Waals surface area contributed by atoms with E-state index >= 15 is 4.39 Å². The first-order valence-electron chi connectivity index (χ1n) is 12.6. The van der Waals surface area contributed by atoms with Gasteiger partial charge in [0.05, 0.1) is 5.39 Å². The first-order valence-corrected chi connectivity index (χ1v) is 13.5. The Bertz CT molecular complexity index is 1270. The minimum atomic E-state index is -0.614. The first-order chi connectivity index (χ1) is 17.5. The van der Waals surface area contributed by atoms with E-state index in [1.165, 1.54) is 42.9 Å². The number of halogens is 1. The highest BCUT2D eigenvalue weighted by Crippen LogP contribution is 2.23. The summed E-state index contributed by atoms with van der Waals surface area (Å²) < 4.78 is 16.7. The zero-order valence-electron chi connectivity index (χ0n) is 20.5. The quantitative estimate of drug-likeness (QED) is 0.454. The molecule has 0 aliphatic carbocycles. The maximum atomic E-state index is 15.1. The Kier molecular flexibility index (Phi) is 7.59. The van der Waals surface area contributed by atoms with Crippen LogP contribution in [0.5, 0.6) is 0 Å². The summed E-state index contributed by atoms with van der Waals surface area (Å²) in [4.78, 5) is 39.7. The van der Waals surface area contributed by atoms with Crippen molar-refractivity contribution < 1.29 is 9.18 Å². The summed E-state index contributed by atoms with van der Waals surface area (Å²) in [7, 11) is 2.11. The van der Waals surface area contributed by atoms with E-state index < -0.39 is 17.2 Å². The van der Waals surface area contributed by atoms with Gasteiger partial charge in [0.15, 0.2) is 22.4 Å². The van der Waals surface area contributed by atoms with E-state index in [0.717, 1.165) is 39.0 Å². The monoisotopic (exact) mass is 513 g/mol. The Balaban J connectivity index is 1.41. The molecule has 1 atom stereocenters. The van der Waals surface area contributed by atoms with Crippen molar-refractivity contribution in [2.24, 2.45) is 0 Å². The molecule has 3 aromatic heterocycles. The van der Waals surface area contributed by atoms with Crippen molar-refractivity contribution in [3.05, 3.63) is 45.4 Å². The highest BCUT2D eigenvalue weighted by atomic mass is 32.1. The Morgan fingerprint density at radius 3 is 2.78 bits per heavy atom. The number of thiazole rings is 1. The molecular weight excluding hydrogens is 481 g/mol. The van der Waals surface area contributed by atoms with Gasteiger partial charge < -0.3 is 20.4 Å². The molecular formula is C25H32FN7O2S. The highest BCUT2D eigenvalue weighted by molar-refractivity contribution is 7.12. The number of anilines is 1. The average molecular weight is 514 g/mol. The molecule has 0 radical (unpaired) electrons. The third-order valence-corrected chi connectivity index (χ3v) is 7.93. The van der Waals surface area contributed by atoms with Gasteiger partial charge in [0.2, 0.25) is 5.43 Å². The van der Waals surface area contributed by atoms with Gasteiger partial charge in [0.25, 0.3) is 5.91 Å². The van der Waals surface area contributed by atoms with E-state index in [9.17, 15) is 9.59 Å². The smallest absolute Gasteiger partial charge is 0.256 e. The third-order valence-electron chi connectivity index (χ3n) is 7.16. The van der Waals surface area contributed by atoms with Crippen molar-refractivity contribution >= 4 is 34.1 Å². The number of carbonyl (C=O) groups excluding carboxylic acids is 1. The zero-order chi connectivity index (χ0) is 25.1. The Labute approximate surface area is 213 Å². The van der Waals surface area contributed by atoms with Crippen molar-refractivity contribution in [1.29, 1.82) is 0 Å². The van der Waals surface area contributed by atoms with Gasteiger partial charge in [-0.1, -0.05) is 0 Å². The summed E-state index contributed by atoms with van der Waals surface area (Å²) in [5.41, 5.74) is -0.322. The van der Waals surface area contributed by atoms with Crippen LogP contribution < -0.4 is 16.1 Å². The van der Waals surface area contributed by atoms with Crippen LogP contribution in [0.4, 0.5) is 10.2 Å². The minimum absolute atomic E-state index is 0.0506. The van der Waals surface area contributed by atoms with E-state index in [0.29, 0.717) is 24.3 Å². The van der Waals surface area contributed by atoms with Crippen LogP contribution in [0.25, 0.3) is 16.2 Å². The molecule has 0 saturated carbocycles. The lowest BCUT2D eigenvalue weighted by atomic mass is 10.1. The van der Waals surface area contributed by atoms with Gasteiger partial charge in [-0.3, -0.25) is 14.2 Å². The number of nitrogens with one attached hydrogen (secondary N) is 2. The second-order valence-corrected chi connectivity index (χ2v) is 10.4. The number of fused-ring (bicyclic) bond motifs is 1. The maximum Gasteiger partial charge on any atom is 0.256 e. The topological polar surface area (TPSA) is 95.4 Å². The summed E-state index contributed by atoms with van der Waals surface area (Å²) >= 11 is 1.35. The molecule has 36 heavy (non-hydrogen) atoms. The molecule has 2 saturated heterocycles. The number of hydrogen-bond donors (Lipinski definition) is 2. The number of nitrogens with zero attached hydrogens (tertiary/aromatic N) is 5. The number of amides is 1. The van der Waals surface area contributed by atoms with Gasteiger partial charge in [-0.2, -0.15) is 0 Å². The molecule has 1 unspecified atom stereocenters. The Morgan fingerprint density at radius 2 is 2.06 bits per heavy atom. The lowest BCUT2D eigenvalue weighted by Crippen LogP contribution is -2.36. The third kappa shape index (κ3) is 5.28. The molecule has 2 aliphatic rings. The molecule has 2 N–H and O–H groups in total. The lowest BCUT2D eigenvalue weighted by molar-refractivity contribution is 0.0948. The van der Waals surface area contributed by atoms with Gasteiger partial charge in [-0.15, -0.1) is 11.3 Å². The summed E-state index contributed by atoms with van der Waals surface area (Å²) in [6.07, 6.45) is 8.65. The molecule has 5 rings (SSSR count). The molecule has 9 nitrogen and oxygen atoms in total. The van der Waals surface area contributed by atoms with Crippen LogP contribution in [0.1, 0.15) is 42.5 Å². The molecule has 192 valence electrons. The van der Waals surface area contributed by atoms with Crippen LogP contribution in [0.15, 0.2) is 28.6 Å². The van der Waals surface area contributed by atoms with Gasteiger partial charge in [0.1, 0.15) is 5.56 Å². The Hall–Kier alpha value is -2.89. The standard InChI is InChI=1S/C25H32FN7O2S/c1-31-10-4-5-17(31)6-7-27-22-20(26)15-18-21(34)19(24(35)28-8-13-32-11-2-3-12-32)16-33(23(18)30-22)25-29-9-14-36-25/h9,14-17H,2-8,10-13H2,1H3,(H,27,30)(H,28,35). The molecule has 0 spiro atoms. The molecule has 3 aromatic rings. The van der Waals surface area contributed by atoms with Gasteiger partial charge >= 0.3 is 0 Å². The molecule has 5 heterocycles. The minimum Gasteiger partial charge on any atom is -0.368 e. The predicted molar refractivity (Wildman–Crippen MR) is 140 cm³/mol. The molecule has 2 aliphatic heterocycles. The number of carbonyl (C=O) groups is 1. The largest absolute Gasteiger partial charge is 0.368 e. The second kappa shape index (κ2) is 11.0. The van der Waals surface area contributed by atoms with Gasteiger partial charge in [-0.25, -0.2) is 14.4 Å². The summed E-state index contributed by atoms with van der Waals surface area (Å²) in [6.45, 7) is 4.90. The summed E-state index contributed by atoms with van der Waals surface area (Å²) in [5, 5.41) is 8.35. The number of pyridine rings is 2. The fourth-order valence-electron chi connectivity index (χ4n) is 5.12. The van der Waals surface area contributed by atoms with E-state index in [2.05, 4.69) is 37.4 Å². The predicted octanol–water partition coefficient (Wildman–Crippen LogP) is 2.70. The normalized spacial score (nSPS) is 18.8. The molecule has 11 heteroatoms. The van der Waals surface area contributed by atoms with Gasteiger partial charge in [0, 0.05) is 43.4 Å². The van der Waals surface area contributed by atoms with Crippen molar-refractivity contribution in [3.63, 3.8) is 0 Å². The molecule has 0 aromatic carbocycles. The van der Waals surface area contributed by atoms with Crippen molar-refractivity contribution in [1.82, 2.24) is 29.7 Å². The van der Waals surface area contributed by atoms with E-state index in [1.54, 1.807) is 16.1 Å². The number of hydrogen-bond acceptors (Lipinski definition) is 8.